The lowest BCUT2D eigenvalue weighted by molar-refractivity contribution is -0.0543. The SMILES string of the molecule is COc1ccc2nc3cc(Cl)ccc3c(NCCCCSP(=O)(O)O[C@H]3C[C@H](n4cnc5c(N)ncnc54)O[C@@H]3COP(=O)(O)O[C@H]3C[C@H](n4ccc(N)nc4=O)O[C@@H]3COP(=O)(O)O)c2c1. The van der Waals surface area contributed by atoms with Gasteiger partial charge in [-0.2, -0.15) is 4.98 Å². The van der Waals surface area contributed by atoms with Gasteiger partial charge >= 0.3 is 28.1 Å². The van der Waals surface area contributed by atoms with Crippen LogP contribution in [0.15, 0.2) is 66.1 Å². The van der Waals surface area contributed by atoms with Crippen LogP contribution in [0.2, 0.25) is 5.02 Å². The van der Waals surface area contributed by atoms with Crippen LogP contribution in [0.3, 0.4) is 0 Å². The summed E-state index contributed by atoms with van der Waals surface area (Å²) in [6.45, 7) is -5.47. The van der Waals surface area contributed by atoms with E-state index in [4.69, 9.17) is 55.8 Å². The standard InChI is InChI=1S/C37H44ClN10O15P3S/c1-57-21-5-7-24-23(13-21)33(22-6-4-20(38)12-25(22)45-24)41-9-2-3-11-67-66(55,56)63-27-15-32(48-19-44-34-35(40)42-18-43-36(34)48)61-29(27)17-59-65(53,54)62-26-14-31(47-10-8-30(39)46-37(47)49)60-28(26)16-58-64(50,51)52/h4-8,10,12-13,18-19,26-29,31-32H,2-3,9,11,14-17H2,1H3,(H,41,45)(H,53,54)(H,55,56)(H2,39,46,49)(H2,40,42,43)(H2,50,51,52)/t26-,27-,28+,29+,31+,32+/m0/s1. The summed E-state index contributed by atoms with van der Waals surface area (Å²) in [6, 6.07) is 12.3. The number of phosphoric acid groups is 2. The Bertz CT molecular complexity index is 2990. The first-order valence-electron chi connectivity index (χ1n) is 20.3. The van der Waals surface area contributed by atoms with E-state index in [0.29, 0.717) is 47.1 Å². The predicted octanol–water partition coefficient (Wildman–Crippen LogP) is 4.91. The third-order valence-corrected chi connectivity index (χ3v) is 15.5. The molecule has 30 heteroatoms. The zero-order chi connectivity index (χ0) is 47.7. The molecule has 2 aliphatic rings. The molecule has 8 rings (SSSR count). The quantitative estimate of drug-likeness (QED) is 0.0303. The van der Waals surface area contributed by atoms with Gasteiger partial charge in [0.25, 0.3) is 0 Å². The number of methoxy groups -OCH3 is 1. The third kappa shape index (κ3) is 11.9. The first-order valence-corrected chi connectivity index (χ1v) is 26.8. The second-order valence-electron chi connectivity index (χ2n) is 15.2. The van der Waals surface area contributed by atoms with Gasteiger partial charge in [-0.1, -0.05) is 11.6 Å². The molecular formula is C37H44ClN10O15P3S. The van der Waals surface area contributed by atoms with Crippen molar-refractivity contribution in [2.45, 2.75) is 62.6 Å². The highest BCUT2D eigenvalue weighted by Crippen LogP contribution is 2.59. The van der Waals surface area contributed by atoms with Gasteiger partial charge in [0.1, 0.15) is 60.3 Å². The van der Waals surface area contributed by atoms with E-state index in [1.165, 1.54) is 29.5 Å². The van der Waals surface area contributed by atoms with Crippen molar-refractivity contribution in [3.05, 3.63) is 76.8 Å². The topological polar surface area (TPSA) is 352 Å². The third-order valence-electron chi connectivity index (χ3n) is 10.6. The Morgan fingerprint density at radius 1 is 0.866 bits per heavy atom. The molecule has 6 heterocycles. The van der Waals surface area contributed by atoms with Crippen molar-refractivity contribution in [2.24, 2.45) is 0 Å². The zero-order valence-corrected chi connectivity index (χ0v) is 39.3. The molecule has 6 aromatic rings. The Kier molecular flexibility index (Phi) is 14.9. The molecule has 360 valence electrons. The average Bonchev–Trinajstić information content (AvgIpc) is 3.99. The predicted molar refractivity (Wildman–Crippen MR) is 244 cm³/mol. The fourth-order valence-electron chi connectivity index (χ4n) is 7.57. The van der Waals surface area contributed by atoms with Crippen LogP contribution in [0.1, 0.15) is 38.1 Å². The molecule has 2 unspecified atom stereocenters. The number of nitrogen functional groups attached to an aromatic ring is 2. The Labute approximate surface area is 388 Å². The smallest absolute Gasteiger partial charge is 0.472 e. The number of fused-ring (bicyclic) bond motifs is 3. The minimum Gasteiger partial charge on any atom is -0.497 e. The Morgan fingerprint density at radius 2 is 1.60 bits per heavy atom. The summed E-state index contributed by atoms with van der Waals surface area (Å²) < 4.78 is 79.7. The first kappa shape index (κ1) is 49.1. The summed E-state index contributed by atoms with van der Waals surface area (Å²) in [6.07, 6.45) is -2.88. The fourth-order valence-corrected chi connectivity index (χ4v) is 11.8. The number of aromatic nitrogens is 7. The van der Waals surface area contributed by atoms with Gasteiger partial charge in [0, 0.05) is 47.1 Å². The fraction of sp³-hybridized carbons (Fsp3) is 0.405. The summed E-state index contributed by atoms with van der Waals surface area (Å²) in [7, 11) is -8.59. The summed E-state index contributed by atoms with van der Waals surface area (Å²) >= 11 is 6.97. The number of halogens is 1. The van der Waals surface area contributed by atoms with E-state index < -0.39 is 78.2 Å². The monoisotopic (exact) mass is 1030 g/mol. The molecule has 4 aromatic heterocycles. The molecule has 8 atom stereocenters. The maximum Gasteiger partial charge on any atom is 0.472 e. The van der Waals surface area contributed by atoms with Gasteiger partial charge < -0.3 is 50.6 Å². The molecule has 0 spiro atoms. The number of rotatable bonds is 20. The molecule has 2 saturated heterocycles. The molecule has 0 radical (unpaired) electrons. The maximum atomic E-state index is 13.6. The lowest BCUT2D eigenvalue weighted by atomic mass is 10.1. The van der Waals surface area contributed by atoms with Crippen molar-refractivity contribution in [1.29, 1.82) is 0 Å². The largest absolute Gasteiger partial charge is 0.497 e. The minimum absolute atomic E-state index is 0.0802. The Morgan fingerprint density at radius 3 is 2.33 bits per heavy atom. The van der Waals surface area contributed by atoms with Crippen molar-refractivity contribution < 1.29 is 65.6 Å². The molecule has 0 saturated carbocycles. The Balaban J connectivity index is 0.921. The molecule has 67 heavy (non-hydrogen) atoms. The average molecular weight is 1030 g/mol. The number of unbranched alkanes of at least 4 members (excludes halogenated alkanes) is 1. The number of imidazole rings is 1. The van der Waals surface area contributed by atoms with Crippen LogP contribution < -0.4 is 27.2 Å². The van der Waals surface area contributed by atoms with E-state index in [9.17, 15) is 38.1 Å². The number of nitrogens with zero attached hydrogens (tertiary/aromatic N) is 7. The van der Waals surface area contributed by atoms with Gasteiger partial charge in [-0.3, -0.25) is 27.2 Å². The number of anilines is 3. The van der Waals surface area contributed by atoms with Gasteiger partial charge in [0.2, 0.25) is 0 Å². The highest BCUT2D eigenvalue weighted by molar-refractivity contribution is 8.54. The number of pyridine rings is 1. The number of phosphoric ester groups is 2. The summed E-state index contributed by atoms with van der Waals surface area (Å²) in [4.78, 5) is 74.1. The Hall–Kier alpha value is -4.33. The minimum atomic E-state index is -5.12. The molecule has 9 N–H and O–H groups in total. The van der Waals surface area contributed by atoms with Crippen LogP contribution in [0.4, 0.5) is 17.3 Å². The van der Waals surface area contributed by atoms with Crippen LogP contribution in [0.5, 0.6) is 5.75 Å². The molecular weight excluding hydrogens is 985 g/mol. The van der Waals surface area contributed by atoms with Crippen LogP contribution in [-0.2, 0) is 41.3 Å². The van der Waals surface area contributed by atoms with Gasteiger partial charge in [0.05, 0.1) is 43.4 Å². The van der Waals surface area contributed by atoms with Crippen LogP contribution in [0.25, 0.3) is 33.0 Å². The molecule has 2 fully saturated rings. The van der Waals surface area contributed by atoms with E-state index in [1.807, 2.05) is 24.3 Å². The van der Waals surface area contributed by atoms with Gasteiger partial charge in [-0.25, -0.2) is 38.4 Å². The maximum absolute atomic E-state index is 13.6. The van der Waals surface area contributed by atoms with Crippen molar-refractivity contribution in [3.63, 3.8) is 0 Å². The van der Waals surface area contributed by atoms with Crippen molar-refractivity contribution in [1.82, 2.24) is 34.1 Å². The van der Waals surface area contributed by atoms with E-state index in [-0.39, 0.29) is 41.4 Å². The molecule has 2 aromatic carbocycles. The first-order chi connectivity index (χ1) is 31.8. The van der Waals surface area contributed by atoms with Crippen LogP contribution in [0, 0.1) is 0 Å². The molecule has 0 aliphatic carbocycles. The molecule has 25 nitrogen and oxygen atoms in total. The number of benzene rings is 2. The summed E-state index contributed by atoms with van der Waals surface area (Å²) in [5, 5.41) is 5.74. The van der Waals surface area contributed by atoms with E-state index in [1.54, 1.807) is 19.2 Å². The zero-order valence-electron chi connectivity index (χ0n) is 35.1. The van der Waals surface area contributed by atoms with Crippen molar-refractivity contribution in [3.8, 4) is 5.75 Å². The van der Waals surface area contributed by atoms with Crippen molar-refractivity contribution in [2.75, 3.05) is 49.4 Å². The van der Waals surface area contributed by atoms with E-state index >= 15 is 0 Å². The second kappa shape index (κ2) is 20.3. The number of nitrogens with one attached hydrogen (secondary N) is 1. The number of nitrogens with two attached hydrogens (primary N) is 2. The van der Waals surface area contributed by atoms with E-state index in [0.717, 1.165) is 26.5 Å². The van der Waals surface area contributed by atoms with Gasteiger partial charge in [-0.15, -0.1) is 0 Å². The molecule has 0 bridgehead atoms. The lowest BCUT2D eigenvalue weighted by Gasteiger charge is -2.24. The number of ether oxygens (including phenoxy) is 3. The highest BCUT2D eigenvalue weighted by Gasteiger charge is 2.46. The number of hydrogen-bond acceptors (Lipinski definition) is 20. The normalized spacial score (nSPS) is 22.9. The van der Waals surface area contributed by atoms with E-state index in [2.05, 4.69) is 29.8 Å². The second-order valence-corrected chi connectivity index (χ2v) is 22.2. The van der Waals surface area contributed by atoms with Crippen LogP contribution >= 0.6 is 45.4 Å². The molecule has 0 amide bonds. The number of hydrogen-bond donors (Lipinski definition) is 7. The van der Waals surface area contributed by atoms with Crippen LogP contribution in [-0.4, -0.2) is 111 Å². The van der Waals surface area contributed by atoms with Crippen molar-refractivity contribution >= 4 is 95.7 Å². The summed E-state index contributed by atoms with van der Waals surface area (Å²) in [5.74, 6) is 0.879. The highest BCUT2D eigenvalue weighted by atomic mass is 35.5. The summed E-state index contributed by atoms with van der Waals surface area (Å²) in [5.41, 5.74) is 13.6. The molecule has 2 aliphatic heterocycles. The lowest BCUT2D eigenvalue weighted by Crippen LogP contribution is -2.30. The van der Waals surface area contributed by atoms with Gasteiger partial charge in [0.15, 0.2) is 11.5 Å². The van der Waals surface area contributed by atoms with Gasteiger partial charge in [-0.05, 0) is 66.7 Å².